The molecule has 0 unspecified atom stereocenters. The minimum atomic E-state index is 0.342. The maximum atomic E-state index is 5.02. The SMILES string of the molecule is CC(C)NC(=S)NCc1ncn[nH]1. The van der Waals surface area contributed by atoms with Crippen LogP contribution < -0.4 is 10.6 Å². The van der Waals surface area contributed by atoms with Crippen molar-refractivity contribution in [2.45, 2.75) is 26.4 Å². The Kier molecular flexibility index (Phi) is 3.63. The molecule has 3 N–H and O–H groups in total. The van der Waals surface area contributed by atoms with E-state index in [1.165, 1.54) is 6.33 Å². The van der Waals surface area contributed by atoms with Gasteiger partial charge in [-0.05, 0) is 26.1 Å². The van der Waals surface area contributed by atoms with Crippen molar-refractivity contribution in [3.05, 3.63) is 12.2 Å². The molecule has 0 amide bonds. The third-order valence-electron chi connectivity index (χ3n) is 1.30. The van der Waals surface area contributed by atoms with Crippen LogP contribution in [0.2, 0.25) is 0 Å². The third kappa shape index (κ3) is 3.84. The minimum absolute atomic E-state index is 0.342. The van der Waals surface area contributed by atoms with Gasteiger partial charge in [0.15, 0.2) is 5.11 Å². The molecule has 1 heterocycles. The molecule has 0 aliphatic heterocycles. The Morgan fingerprint density at radius 2 is 2.46 bits per heavy atom. The molecule has 0 atom stereocenters. The molecule has 0 spiro atoms. The zero-order valence-electron chi connectivity index (χ0n) is 7.66. The highest BCUT2D eigenvalue weighted by Gasteiger charge is 1.99. The molecular weight excluding hydrogens is 186 g/mol. The molecule has 0 aromatic carbocycles. The minimum Gasteiger partial charge on any atom is -0.361 e. The van der Waals surface area contributed by atoms with Crippen molar-refractivity contribution in [3.63, 3.8) is 0 Å². The van der Waals surface area contributed by atoms with Gasteiger partial charge in [-0.1, -0.05) is 0 Å². The molecular formula is C7H13N5S. The van der Waals surface area contributed by atoms with Gasteiger partial charge in [0.1, 0.15) is 12.2 Å². The number of thiocarbonyl (C=S) groups is 1. The summed E-state index contributed by atoms with van der Waals surface area (Å²) in [6.07, 6.45) is 1.47. The number of rotatable bonds is 3. The zero-order chi connectivity index (χ0) is 9.68. The lowest BCUT2D eigenvalue weighted by Gasteiger charge is -2.11. The van der Waals surface area contributed by atoms with Crippen molar-refractivity contribution in [3.8, 4) is 0 Å². The van der Waals surface area contributed by atoms with Crippen molar-refractivity contribution >= 4 is 17.3 Å². The third-order valence-corrected chi connectivity index (χ3v) is 1.56. The van der Waals surface area contributed by atoms with E-state index in [1.807, 2.05) is 13.8 Å². The Balaban J connectivity index is 2.23. The lowest BCUT2D eigenvalue weighted by Crippen LogP contribution is -2.38. The van der Waals surface area contributed by atoms with Crippen molar-refractivity contribution in [1.29, 1.82) is 0 Å². The summed E-state index contributed by atoms with van der Waals surface area (Å²) in [6, 6.07) is 0.342. The van der Waals surface area contributed by atoms with Crippen molar-refractivity contribution in [2.75, 3.05) is 0 Å². The molecule has 6 heteroatoms. The number of hydrogen-bond acceptors (Lipinski definition) is 3. The van der Waals surface area contributed by atoms with E-state index in [4.69, 9.17) is 12.2 Å². The van der Waals surface area contributed by atoms with Crippen LogP contribution in [0.1, 0.15) is 19.7 Å². The molecule has 0 radical (unpaired) electrons. The van der Waals surface area contributed by atoms with Crippen LogP contribution >= 0.6 is 12.2 Å². The van der Waals surface area contributed by atoms with Gasteiger partial charge in [-0.25, -0.2) is 4.98 Å². The lowest BCUT2D eigenvalue weighted by atomic mass is 10.4. The Bertz CT molecular complexity index is 256. The van der Waals surface area contributed by atoms with E-state index in [0.717, 1.165) is 5.82 Å². The molecule has 0 aliphatic carbocycles. The van der Waals surface area contributed by atoms with E-state index < -0.39 is 0 Å². The Labute approximate surface area is 82.3 Å². The standard InChI is InChI=1S/C7H13N5S/c1-5(2)11-7(13)8-3-6-9-4-10-12-6/h4-5H,3H2,1-2H3,(H2,8,11,13)(H,9,10,12). The van der Waals surface area contributed by atoms with E-state index in [1.54, 1.807) is 0 Å². The predicted molar refractivity (Wildman–Crippen MR) is 54.1 cm³/mol. The van der Waals surface area contributed by atoms with E-state index in [9.17, 15) is 0 Å². The van der Waals surface area contributed by atoms with Gasteiger partial charge in [0.2, 0.25) is 0 Å². The molecule has 1 aromatic rings. The summed E-state index contributed by atoms with van der Waals surface area (Å²) in [6.45, 7) is 4.63. The van der Waals surface area contributed by atoms with Crippen molar-refractivity contribution in [2.24, 2.45) is 0 Å². The van der Waals surface area contributed by atoms with Gasteiger partial charge in [0.25, 0.3) is 0 Å². The smallest absolute Gasteiger partial charge is 0.166 e. The molecule has 0 aliphatic rings. The van der Waals surface area contributed by atoms with Crippen LogP contribution in [-0.4, -0.2) is 26.3 Å². The van der Waals surface area contributed by atoms with Gasteiger partial charge >= 0.3 is 0 Å². The second-order valence-corrected chi connectivity index (χ2v) is 3.32. The first kappa shape index (κ1) is 9.91. The zero-order valence-corrected chi connectivity index (χ0v) is 8.48. The maximum Gasteiger partial charge on any atom is 0.166 e. The van der Waals surface area contributed by atoms with Crippen LogP contribution in [0.15, 0.2) is 6.33 Å². The Hall–Kier alpha value is -1.17. The fraction of sp³-hybridized carbons (Fsp3) is 0.571. The monoisotopic (exact) mass is 199 g/mol. The highest BCUT2D eigenvalue weighted by atomic mass is 32.1. The second-order valence-electron chi connectivity index (χ2n) is 2.91. The van der Waals surface area contributed by atoms with Gasteiger partial charge in [0, 0.05) is 6.04 Å². The summed E-state index contributed by atoms with van der Waals surface area (Å²) in [5.74, 6) is 0.771. The normalized spacial score (nSPS) is 10.1. The molecule has 0 fully saturated rings. The molecule has 0 bridgehead atoms. The summed E-state index contributed by atoms with van der Waals surface area (Å²) in [5.41, 5.74) is 0. The van der Waals surface area contributed by atoms with Gasteiger partial charge in [0.05, 0.1) is 6.54 Å². The lowest BCUT2D eigenvalue weighted by molar-refractivity contribution is 0.705. The van der Waals surface area contributed by atoms with Crippen molar-refractivity contribution in [1.82, 2.24) is 25.8 Å². The number of aromatic amines is 1. The number of nitrogens with zero attached hydrogens (tertiary/aromatic N) is 2. The van der Waals surface area contributed by atoms with Crippen LogP contribution in [0.3, 0.4) is 0 Å². The maximum absolute atomic E-state index is 5.02. The van der Waals surface area contributed by atoms with Crippen LogP contribution in [0.25, 0.3) is 0 Å². The summed E-state index contributed by atoms with van der Waals surface area (Å²) in [4.78, 5) is 3.95. The average molecular weight is 199 g/mol. The number of aromatic nitrogens is 3. The number of H-pyrrole nitrogens is 1. The molecule has 72 valence electrons. The largest absolute Gasteiger partial charge is 0.361 e. The summed E-state index contributed by atoms with van der Waals surface area (Å²) >= 11 is 5.02. The molecule has 0 saturated heterocycles. The summed E-state index contributed by atoms with van der Waals surface area (Å²) < 4.78 is 0. The van der Waals surface area contributed by atoms with Gasteiger partial charge in [-0.3, -0.25) is 5.10 Å². The molecule has 1 rings (SSSR count). The first-order chi connectivity index (χ1) is 6.18. The second kappa shape index (κ2) is 4.76. The van der Waals surface area contributed by atoms with Crippen molar-refractivity contribution < 1.29 is 0 Å². The highest BCUT2D eigenvalue weighted by Crippen LogP contribution is 1.84. The molecule has 1 aromatic heterocycles. The van der Waals surface area contributed by atoms with Crippen LogP contribution in [0.5, 0.6) is 0 Å². The first-order valence-corrected chi connectivity index (χ1v) is 4.48. The number of hydrogen-bond donors (Lipinski definition) is 3. The predicted octanol–water partition coefficient (Wildman–Crippen LogP) is 0.177. The fourth-order valence-electron chi connectivity index (χ4n) is 0.793. The van der Waals surface area contributed by atoms with E-state index in [0.29, 0.717) is 17.7 Å². The van der Waals surface area contributed by atoms with E-state index in [-0.39, 0.29) is 0 Å². The van der Waals surface area contributed by atoms with Gasteiger partial charge < -0.3 is 10.6 Å². The topological polar surface area (TPSA) is 65.6 Å². The fourth-order valence-corrected chi connectivity index (χ4v) is 1.10. The van der Waals surface area contributed by atoms with E-state index >= 15 is 0 Å². The van der Waals surface area contributed by atoms with Crippen LogP contribution in [0.4, 0.5) is 0 Å². The van der Waals surface area contributed by atoms with Gasteiger partial charge in [-0.15, -0.1) is 0 Å². The van der Waals surface area contributed by atoms with Crippen LogP contribution in [-0.2, 0) is 6.54 Å². The summed E-state index contributed by atoms with van der Waals surface area (Å²) in [5, 5.41) is 13.2. The summed E-state index contributed by atoms with van der Waals surface area (Å²) in [7, 11) is 0. The molecule has 5 nitrogen and oxygen atoms in total. The molecule has 13 heavy (non-hydrogen) atoms. The van der Waals surface area contributed by atoms with Crippen LogP contribution in [0, 0.1) is 0 Å². The van der Waals surface area contributed by atoms with Gasteiger partial charge in [-0.2, -0.15) is 5.10 Å². The van der Waals surface area contributed by atoms with E-state index in [2.05, 4.69) is 25.8 Å². The Morgan fingerprint density at radius 3 is 3.00 bits per heavy atom. The number of nitrogens with one attached hydrogen (secondary N) is 3. The Morgan fingerprint density at radius 1 is 1.69 bits per heavy atom. The quantitative estimate of drug-likeness (QED) is 0.606. The highest BCUT2D eigenvalue weighted by molar-refractivity contribution is 7.80. The molecule has 0 saturated carbocycles. The average Bonchev–Trinajstić information content (AvgIpc) is 2.51. The first-order valence-electron chi connectivity index (χ1n) is 4.07.